The maximum Gasteiger partial charge on any atom is 0.341 e. The number of benzene rings is 1. The average Bonchev–Trinajstić information content (AvgIpc) is 3.14. The van der Waals surface area contributed by atoms with E-state index in [0.29, 0.717) is 17.9 Å². The number of furan rings is 1. The Labute approximate surface area is 150 Å². The van der Waals surface area contributed by atoms with Gasteiger partial charge >= 0.3 is 12.0 Å². The van der Waals surface area contributed by atoms with Crippen molar-refractivity contribution < 1.29 is 23.5 Å². The highest BCUT2D eigenvalue weighted by Gasteiger charge is 2.51. The molecule has 26 heavy (non-hydrogen) atoms. The predicted octanol–water partition coefficient (Wildman–Crippen LogP) is 2.73. The number of esters is 1. The van der Waals surface area contributed by atoms with Crippen LogP contribution in [0.4, 0.5) is 4.79 Å². The van der Waals surface area contributed by atoms with Gasteiger partial charge in [0.1, 0.15) is 22.6 Å². The third-order valence-corrected chi connectivity index (χ3v) is 4.66. The summed E-state index contributed by atoms with van der Waals surface area (Å²) in [5, 5.41) is 2.81. The molecule has 1 unspecified atom stereocenters. The fourth-order valence-corrected chi connectivity index (χ4v) is 3.22. The standard InChI is InChI=1S/C19H20N2O5/c1-4-19(13-8-6-5-7-9-13)17(23)21(18(24)20-19)11-14-10-15(12(2)26-14)16(22)25-3/h5-10H,4,11H2,1-3H3,(H,20,24). The molecule has 0 saturated carbocycles. The SMILES string of the molecule is CCC1(c2ccccc2)NC(=O)N(Cc2cc(C(=O)OC)c(C)o2)C1=O. The summed E-state index contributed by atoms with van der Waals surface area (Å²) in [7, 11) is 1.28. The number of aryl methyl sites for hydroxylation is 1. The summed E-state index contributed by atoms with van der Waals surface area (Å²) in [5.41, 5.74) is -0.0841. The summed E-state index contributed by atoms with van der Waals surface area (Å²) in [6, 6.07) is 10.1. The van der Waals surface area contributed by atoms with E-state index in [1.807, 2.05) is 37.3 Å². The first-order chi connectivity index (χ1) is 12.4. The molecule has 1 aromatic heterocycles. The van der Waals surface area contributed by atoms with Gasteiger partial charge in [0, 0.05) is 0 Å². The van der Waals surface area contributed by atoms with Crippen LogP contribution in [0.25, 0.3) is 0 Å². The topological polar surface area (TPSA) is 88.8 Å². The molecule has 0 bridgehead atoms. The van der Waals surface area contributed by atoms with E-state index in [2.05, 4.69) is 5.32 Å². The molecule has 7 heteroatoms. The van der Waals surface area contributed by atoms with Gasteiger partial charge in [-0.2, -0.15) is 0 Å². The van der Waals surface area contributed by atoms with Crippen LogP contribution < -0.4 is 5.32 Å². The Bertz CT molecular complexity index is 858. The van der Waals surface area contributed by atoms with Crippen molar-refractivity contribution in [3.05, 3.63) is 59.0 Å². The van der Waals surface area contributed by atoms with Crippen LogP contribution >= 0.6 is 0 Å². The number of nitrogens with one attached hydrogen (secondary N) is 1. The summed E-state index contributed by atoms with van der Waals surface area (Å²) in [4.78, 5) is 38.4. The number of imide groups is 1. The Morgan fingerprint density at radius 2 is 1.96 bits per heavy atom. The van der Waals surface area contributed by atoms with Crippen molar-refractivity contribution in [2.45, 2.75) is 32.4 Å². The zero-order valence-corrected chi connectivity index (χ0v) is 14.9. The fraction of sp³-hybridized carbons (Fsp3) is 0.316. The number of hydrogen-bond donors (Lipinski definition) is 1. The van der Waals surface area contributed by atoms with Gasteiger partial charge in [-0.25, -0.2) is 9.59 Å². The van der Waals surface area contributed by atoms with E-state index in [-0.39, 0.29) is 18.0 Å². The van der Waals surface area contributed by atoms with E-state index in [1.54, 1.807) is 6.92 Å². The molecule has 1 fully saturated rings. The maximum absolute atomic E-state index is 13.1. The van der Waals surface area contributed by atoms with Crippen molar-refractivity contribution in [1.29, 1.82) is 0 Å². The van der Waals surface area contributed by atoms with Crippen LogP contribution in [0, 0.1) is 6.92 Å². The number of amides is 3. The lowest BCUT2D eigenvalue weighted by Gasteiger charge is -2.25. The van der Waals surface area contributed by atoms with Crippen molar-refractivity contribution in [3.63, 3.8) is 0 Å². The molecule has 1 atom stereocenters. The predicted molar refractivity (Wildman–Crippen MR) is 92.3 cm³/mol. The smallest absolute Gasteiger partial charge is 0.341 e. The molecule has 1 N–H and O–H groups in total. The molecular weight excluding hydrogens is 336 g/mol. The molecule has 1 saturated heterocycles. The molecule has 3 rings (SSSR count). The summed E-state index contributed by atoms with van der Waals surface area (Å²) in [5.74, 6) is -0.151. The number of carbonyl (C=O) groups excluding carboxylic acids is 3. The monoisotopic (exact) mass is 356 g/mol. The van der Waals surface area contributed by atoms with Crippen molar-refractivity contribution in [3.8, 4) is 0 Å². The van der Waals surface area contributed by atoms with Gasteiger partial charge in [0.05, 0.1) is 13.7 Å². The fourth-order valence-electron chi connectivity index (χ4n) is 3.22. The summed E-state index contributed by atoms with van der Waals surface area (Å²) in [6.07, 6.45) is 0.419. The highest BCUT2D eigenvalue weighted by Crippen LogP contribution is 2.33. The Hall–Kier alpha value is -3.09. The lowest BCUT2D eigenvalue weighted by atomic mass is 9.87. The van der Waals surface area contributed by atoms with Crippen molar-refractivity contribution in [2.75, 3.05) is 7.11 Å². The van der Waals surface area contributed by atoms with Gasteiger partial charge in [0.15, 0.2) is 0 Å². The minimum absolute atomic E-state index is 0.0584. The minimum Gasteiger partial charge on any atom is -0.465 e. The molecule has 1 aliphatic heterocycles. The molecule has 2 heterocycles. The highest BCUT2D eigenvalue weighted by atomic mass is 16.5. The van der Waals surface area contributed by atoms with Crippen LogP contribution in [0.15, 0.2) is 40.8 Å². The first kappa shape index (κ1) is 17.7. The molecule has 0 aliphatic carbocycles. The van der Waals surface area contributed by atoms with Gasteiger partial charge in [-0.3, -0.25) is 9.69 Å². The number of urea groups is 1. The summed E-state index contributed by atoms with van der Waals surface area (Å²) >= 11 is 0. The molecule has 0 radical (unpaired) electrons. The zero-order valence-electron chi connectivity index (χ0n) is 14.9. The van der Waals surface area contributed by atoms with Gasteiger partial charge in [-0.05, 0) is 25.0 Å². The van der Waals surface area contributed by atoms with Gasteiger partial charge in [-0.15, -0.1) is 0 Å². The van der Waals surface area contributed by atoms with Crippen LogP contribution in [0.2, 0.25) is 0 Å². The van der Waals surface area contributed by atoms with E-state index in [0.717, 1.165) is 10.5 Å². The molecular formula is C19H20N2O5. The molecule has 7 nitrogen and oxygen atoms in total. The Morgan fingerprint density at radius 3 is 2.58 bits per heavy atom. The van der Waals surface area contributed by atoms with Crippen LogP contribution in [0.5, 0.6) is 0 Å². The van der Waals surface area contributed by atoms with Crippen molar-refractivity contribution >= 4 is 17.9 Å². The third kappa shape index (κ3) is 2.75. The van der Waals surface area contributed by atoms with E-state index in [9.17, 15) is 14.4 Å². The molecule has 3 amide bonds. The Balaban J connectivity index is 1.89. The van der Waals surface area contributed by atoms with E-state index in [4.69, 9.17) is 9.15 Å². The van der Waals surface area contributed by atoms with Crippen molar-refractivity contribution in [1.82, 2.24) is 10.2 Å². The van der Waals surface area contributed by atoms with Gasteiger partial charge in [0.2, 0.25) is 0 Å². The molecule has 0 spiro atoms. The first-order valence-corrected chi connectivity index (χ1v) is 8.30. The van der Waals surface area contributed by atoms with E-state index in [1.165, 1.54) is 13.2 Å². The number of rotatable bonds is 5. The van der Waals surface area contributed by atoms with E-state index >= 15 is 0 Å². The molecule has 1 aromatic carbocycles. The lowest BCUT2D eigenvalue weighted by Crippen LogP contribution is -2.43. The second-order valence-electron chi connectivity index (χ2n) is 6.12. The largest absolute Gasteiger partial charge is 0.465 e. The Morgan fingerprint density at radius 1 is 1.27 bits per heavy atom. The average molecular weight is 356 g/mol. The number of ether oxygens (including phenoxy) is 1. The second-order valence-corrected chi connectivity index (χ2v) is 6.12. The summed E-state index contributed by atoms with van der Waals surface area (Å²) < 4.78 is 10.2. The molecule has 136 valence electrons. The van der Waals surface area contributed by atoms with E-state index < -0.39 is 17.5 Å². The number of nitrogens with zero attached hydrogens (tertiary/aromatic N) is 1. The quantitative estimate of drug-likeness (QED) is 0.657. The normalized spacial score (nSPS) is 19.6. The third-order valence-electron chi connectivity index (χ3n) is 4.66. The number of hydrogen-bond acceptors (Lipinski definition) is 5. The van der Waals surface area contributed by atoms with Gasteiger partial charge < -0.3 is 14.5 Å². The first-order valence-electron chi connectivity index (χ1n) is 8.30. The second kappa shape index (κ2) is 6.67. The van der Waals surface area contributed by atoms with Crippen LogP contribution in [-0.4, -0.2) is 29.9 Å². The summed E-state index contributed by atoms with van der Waals surface area (Å²) in [6.45, 7) is 3.42. The van der Waals surface area contributed by atoms with Crippen LogP contribution in [-0.2, 0) is 21.6 Å². The van der Waals surface area contributed by atoms with Crippen LogP contribution in [0.1, 0.15) is 40.8 Å². The van der Waals surface area contributed by atoms with Crippen LogP contribution in [0.3, 0.4) is 0 Å². The molecule has 1 aliphatic rings. The minimum atomic E-state index is -1.09. The Kier molecular flexibility index (Phi) is 4.54. The highest BCUT2D eigenvalue weighted by molar-refractivity contribution is 6.07. The number of carbonyl (C=O) groups is 3. The number of methoxy groups -OCH3 is 1. The maximum atomic E-state index is 13.1. The van der Waals surface area contributed by atoms with Gasteiger partial charge in [0.25, 0.3) is 5.91 Å². The van der Waals surface area contributed by atoms with Gasteiger partial charge in [-0.1, -0.05) is 37.3 Å². The lowest BCUT2D eigenvalue weighted by molar-refractivity contribution is -0.132. The zero-order chi connectivity index (χ0) is 18.9. The van der Waals surface area contributed by atoms with Crippen molar-refractivity contribution in [2.24, 2.45) is 0 Å². The molecule has 2 aromatic rings.